The van der Waals surface area contributed by atoms with Crippen molar-refractivity contribution in [1.29, 1.82) is 0 Å². The van der Waals surface area contributed by atoms with Crippen molar-refractivity contribution in [2.45, 2.75) is 71.6 Å². The Bertz CT molecular complexity index is 2610. The first kappa shape index (κ1) is 31.5. The van der Waals surface area contributed by atoms with Crippen molar-refractivity contribution in [1.82, 2.24) is 4.48 Å². The molecule has 0 saturated heterocycles. The second-order valence-electron chi connectivity index (χ2n) is 17.8. The number of nitrogens with zero attached hydrogens (tertiary/aromatic N) is 2. The summed E-state index contributed by atoms with van der Waals surface area (Å²) in [5.41, 5.74) is 21.1. The molecule has 0 aliphatic carbocycles. The van der Waals surface area contributed by atoms with E-state index in [-0.39, 0.29) is 23.1 Å². The van der Waals surface area contributed by atoms with Crippen LogP contribution in [-0.4, -0.2) is 11.3 Å². The number of fused-ring (bicyclic) bond motifs is 6. The molecule has 0 unspecified atom stereocenters. The number of benzene rings is 6. The Balaban J connectivity index is 1.46. The van der Waals surface area contributed by atoms with Crippen molar-refractivity contribution < 1.29 is 0 Å². The average Bonchev–Trinajstić information content (AvgIpc) is 3.47. The van der Waals surface area contributed by atoms with E-state index < -0.39 is 0 Å². The standard InChI is InChI=1S/C49H45BN2/c1-47(2,3)32-27-35-34-26-33(48(4,5)6)29-41-43(34)50(39-24-17-23-38-46(39)51(41)40-25-16-15-22-37(40)49(38,7)8)52-44(31-20-13-10-14-21-31)42(36(28-32)45(35)52)30-18-11-9-12-19-30/h9-29H,1-8H3. The number of rotatable bonds is 2. The smallest absolute Gasteiger partial charge is 0.333 e. The summed E-state index contributed by atoms with van der Waals surface area (Å²) in [6, 6.07) is 48.6. The van der Waals surface area contributed by atoms with Crippen LogP contribution in [0.1, 0.15) is 77.6 Å². The molecule has 7 aromatic rings. The molecule has 1 aromatic heterocycles. The van der Waals surface area contributed by atoms with Gasteiger partial charge in [0, 0.05) is 44.5 Å². The van der Waals surface area contributed by atoms with Crippen LogP contribution in [0.3, 0.4) is 0 Å². The molecule has 0 saturated carbocycles. The number of hydrogen-bond acceptors (Lipinski definition) is 1. The molecule has 2 nitrogen and oxygen atoms in total. The van der Waals surface area contributed by atoms with E-state index in [4.69, 9.17) is 0 Å². The lowest BCUT2D eigenvalue weighted by Gasteiger charge is -2.48. The monoisotopic (exact) mass is 672 g/mol. The highest BCUT2D eigenvalue weighted by molar-refractivity contribution is 6.90. The summed E-state index contributed by atoms with van der Waals surface area (Å²) in [4.78, 5) is 2.63. The highest BCUT2D eigenvalue weighted by atomic mass is 15.2. The fourth-order valence-electron chi connectivity index (χ4n) is 9.56. The lowest BCUT2D eigenvalue weighted by Crippen LogP contribution is -2.58. The lowest BCUT2D eigenvalue weighted by molar-refractivity contribution is 0.589. The molecular weight excluding hydrogens is 627 g/mol. The summed E-state index contributed by atoms with van der Waals surface area (Å²) >= 11 is 0. The molecule has 0 spiro atoms. The molecule has 3 heteroatoms. The highest BCUT2D eigenvalue weighted by Crippen LogP contribution is 2.56. The summed E-state index contributed by atoms with van der Waals surface area (Å²) in [5, 5.41) is 1.33. The molecule has 254 valence electrons. The Labute approximate surface area is 308 Å². The third kappa shape index (κ3) is 4.14. The summed E-state index contributed by atoms with van der Waals surface area (Å²) in [6.07, 6.45) is 0. The topological polar surface area (TPSA) is 8.17 Å². The van der Waals surface area contributed by atoms with E-state index >= 15 is 0 Å². The zero-order valence-electron chi connectivity index (χ0n) is 31.6. The first-order chi connectivity index (χ1) is 24.9. The SMILES string of the molecule is CC(C)(C)c1cc2c3c(c1)N1c4ccccc4C(C)(C)c4cccc(c41)B3n1c(-c3ccccc3)c(-c3ccccc3)c3cc(C(C)(C)C)cc-2c31. The zero-order valence-corrected chi connectivity index (χ0v) is 31.6. The second kappa shape index (κ2) is 10.4. The fourth-order valence-corrected chi connectivity index (χ4v) is 9.56. The molecule has 52 heavy (non-hydrogen) atoms. The maximum absolute atomic E-state index is 2.75. The van der Waals surface area contributed by atoms with E-state index in [1.54, 1.807) is 0 Å². The van der Waals surface area contributed by atoms with Gasteiger partial charge in [0.1, 0.15) is 0 Å². The van der Waals surface area contributed by atoms with Crippen LogP contribution in [0.25, 0.3) is 44.4 Å². The number of aromatic nitrogens is 1. The van der Waals surface area contributed by atoms with Crippen LogP contribution in [0.5, 0.6) is 0 Å². The van der Waals surface area contributed by atoms with E-state index in [0.717, 1.165) is 0 Å². The number of para-hydroxylation sites is 2. The normalized spacial score (nSPS) is 15.0. The summed E-state index contributed by atoms with van der Waals surface area (Å²) in [5.74, 6) is 0. The van der Waals surface area contributed by atoms with Gasteiger partial charge in [-0.2, -0.15) is 0 Å². The molecule has 0 amide bonds. The predicted molar refractivity (Wildman–Crippen MR) is 223 cm³/mol. The van der Waals surface area contributed by atoms with Crippen LogP contribution in [-0.2, 0) is 16.2 Å². The van der Waals surface area contributed by atoms with Gasteiger partial charge in [-0.05, 0) is 85.0 Å². The largest absolute Gasteiger partial charge is 0.375 e. The van der Waals surface area contributed by atoms with Gasteiger partial charge in [0.15, 0.2) is 0 Å². The van der Waals surface area contributed by atoms with E-state index in [1.807, 2.05) is 0 Å². The molecule has 6 aromatic carbocycles. The summed E-state index contributed by atoms with van der Waals surface area (Å²) in [7, 11) is 0. The van der Waals surface area contributed by atoms with E-state index in [9.17, 15) is 0 Å². The van der Waals surface area contributed by atoms with Crippen LogP contribution in [0, 0.1) is 0 Å². The van der Waals surface area contributed by atoms with Crippen molar-refractivity contribution in [2.24, 2.45) is 0 Å². The molecule has 3 aliphatic heterocycles. The van der Waals surface area contributed by atoms with Gasteiger partial charge in [-0.25, -0.2) is 0 Å². The van der Waals surface area contributed by atoms with Crippen LogP contribution in [0.4, 0.5) is 17.1 Å². The third-order valence-corrected chi connectivity index (χ3v) is 12.2. The summed E-state index contributed by atoms with van der Waals surface area (Å²) in [6.45, 7) is 19.0. The van der Waals surface area contributed by atoms with Crippen LogP contribution < -0.4 is 15.8 Å². The number of anilines is 3. The Morgan fingerprint density at radius 2 is 1.15 bits per heavy atom. The van der Waals surface area contributed by atoms with Crippen molar-refractivity contribution in [3.8, 4) is 33.5 Å². The molecule has 3 aliphatic rings. The second-order valence-corrected chi connectivity index (χ2v) is 17.8. The number of hydrogen-bond donors (Lipinski definition) is 0. The van der Waals surface area contributed by atoms with Crippen molar-refractivity contribution >= 4 is 45.7 Å². The van der Waals surface area contributed by atoms with Crippen LogP contribution in [0.2, 0.25) is 0 Å². The molecule has 0 N–H and O–H groups in total. The molecule has 0 fully saturated rings. The van der Waals surface area contributed by atoms with Crippen molar-refractivity contribution in [3.63, 3.8) is 0 Å². The van der Waals surface area contributed by atoms with Crippen LogP contribution >= 0.6 is 0 Å². The lowest BCUT2D eigenvalue weighted by atomic mass is 9.44. The Morgan fingerprint density at radius 1 is 0.558 bits per heavy atom. The Kier molecular flexibility index (Phi) is 6.30. The summed E-state index contributed by atoms with van der Waals surface area (Å²) < 4.78 is 2.75. The maximum atomic E-state index is 2.75. The fraction of sp³-hybridized carbons (Fsp3) is 0.224. The van der Waals surface area contributed by atoms with Crippen molar-refractivity contribution in [2.75, 3.05) is 4.90 Å². The molecular formula is C49H45BN2. The Morgan fingerprint density at radius 3 is 1.85 bits per heavy atom. The van der Waals surface area contributed by atoms with Gasteiger partial charge in [0.2, 0.25) is 0 Å². The first-order valence-corrected chi connectivity index (χ1v) is 18.9. The van der Waals surface area contributed by atoms with Gasteiger partial charge >= 0.3 is 6.85 Å². The van der Waals surface area contributed by atoms with E-state index in [0.29, 0.717) is 0 Å². The Hall–Kier alpha value is -5.28. The third-order valence-electron chi connectivity index (χ3n) is 12.2. The molecule has 0 bridgehead atoms. The minimum atomic E-state index is -0.155. The van der Waals surface area contributed by atoms with E-state index in [2.05, 4.69) is 192 Å². The van der Waals surface area contributed by atoms with Crippen molar-refractivity contribution in [3.05, 3.63) is 150 Å². The highest BCUT2D eigenvalue weighted by Gasteiger charge is 2.49. The van der Waals surface area contributed by atoms with Gasteiger partial charge in [0.25, 0.3) is 0 Å². The zero-order chi connectivity index (χ0) is 35.9. The molecule has 10 rings (SSSR count). The molecule has 0 radical (unpaired) electrons. The average molecular weight is 673 g/mol. The maximum Gasteiger partial charge on any atom is 0.333 e. The van der Waals surface area contributed by atoms with Gasteiger partial charge in [0.05, 0.1) is 5.69 Å². The quantitative estimate of drug-likeness (QED) is 0.166. The van der Waals surface area contributed by atoms with Gasteiger partial charge in [-0.1, -0.05) is 159 Å². The minimum absolute atomic E-state index is 0.00515. The van der Waals surface area contributed by atoms with Gasteiger partial charge in [-0.15, -0.1) is 0 Å². The molecule has 4 heterocycles. The predicted octanol–water partition coefficient (Wildman–Crippen LogP) is 11.6. The van der Waals surface area contributed by atoms with Gasteiger partial charge < -0.3 is 9.38 Å². The van der Waals surface area contributed by atoms with Crippen LogP contribution in [0.15, 0.2) is 127 Å². The first-order valence-electron chi connectivity index (χ1n) is 18.9. The van der Waals surface area contributed by atoms with Gasteiger partial charge in [-0.3, -0.25) is 0 Å². The minimum Gasteiger partial charge on any atom is -0.375 e. The molecule has 0 atom stereocenters. The van der Waals surface area contributed by atoms with E-state index in [1.165, 1.54) is 94.7 Å².